The molecule has 16 heavy (non-hydrogen) atoms. The molecule has 0 bridgehead atoms. The molecule has 4 heteroatoms. The fourth-order valence-corrected chi connectivity index (χ4v) is 1.46. The lowest BCUT2D eigenvalue weighted by Gasteiger charge is -1.99. The first-order chi connectivity index (χ1) is 7.65. The molecule has 0 aliphatic heterocycles. The summed E-state index contributed by atoms with van der Waals surface area (Å²) in [6, 6.07) is 6.88. The molecule has 0 fully saturated rings. The minimum atomic E-state index is -0.148. The van der Waals surface area contributed by atoms with Gasteiger partial charge in [-0.2, -0.15) is 0 Å². The topological polar surface area (TPSA) is 72.3 Å². The van der Waals surface area contributed by atoms with Gasteiger partial charge in [-0.3, -0.25) is 0 Å². The molecule has 1 atom stereocenters. The average Bonchev–Trinajstić information content (AvgIpc) is 2.66. The molecule has 2 rings (SSSR count). The normalized spacial score (nSPS) is 12.6. The Hall–Kier alpha value is -1.81. The van der Waals surface area contributed by atoms with Crippen molar-refractivity contribution in [3.05, 3.63) is 47.7 Å². The van der Waals surface area contributed by atoms with Gasteiger partial charge in [0.2, 0.25) is 0 Å². The number of nitrogens with two attached hydrogens (primary N) is 1. The van der Waals surface area contributed by atoms with E-state index in [1.54, 1.807) is 24.4 Å². The Kier molecular flexibility index (Phi) is 2.92. The van der Waals surface area contributed by atoms with Crippen LogP contribution in [0.15, 0.2) is 34.9 Å². The van der Waals surface area contributed by atoms with E-state index in [-0.39, 0.29) is 11.8 Å². The van der Waals surface area contributed by atoms with Crippen LogP contribution in [0.2, 0.25) is 0 Å². The first-order valence-corrected chi connectivity index (χ1v) is 5.13. The standard InChI is InChI=1S/C12H14N2O2/c1-8(13)11-7-14-12(16-11)6-9-3-2-4-10(15)5-9/h2-5,7-8,15H,6,13H2,1H3. The smallest absolute Gasteiger partial charge is 0.198 e. The minimum Gasteiger partial charge on any atom is -0.508 e. The van der Waals surface area contributed by atoms with Crippen molar-refractivity contribution in [1.82, 2.24) is 4.98 Å². The van der Waals surface area contributed by atoms with Crippen LogP contribution in [0.3, 0.4) is 0 Å². The van der Waals surface area contributed by atoms with E-state index >= 15 is 0 Å². The van der Waals surface area contributed by atoms with Gasteiger partial charge >= 0.3 is 0 Å². The second kappa shape index (κ2) is 4.37. The van der Waals surface area contributed by atoms with Crippen molar-refractivity contribution in [2.45, 2.75) is 19.4 Å². The number of benzene rings is 1. The van der Waals surface area contributed by atoms with Gasteiger partial charge in [-0.15, -0.1) is 0 Å². The molecule has 0 spiro atoms. The van der Waals surface area contributed by atoms with Gasteiger partial charge in [0.15, 0.2) is 5.89 Å². The summed E-state index contributed by atoms with van der Waals surface area (Å²) in [4.78, 5) is 4.13. The molecule has 0 saturated heterocycles. The molecule has 84 valence electrons. The zero-order valence-corrected chi connectivity index (χ0v) is 9.05. The Morgan fingerprint density at radius 1 is 1.50 bits per heavy atom. The molecule has 1 unspecified atom stereocenters. The van der Waals surface area contributed by atoms with Crippen molar-refractivity contribution in [2.75, 3.05) is 0 Å². The molecule has 0 aliphatic rings. The molecule has 0 aliphatic carbocycles. The van der Waals surface area contributed by atoms with E-state index in [4.69, 9.17) is 10.2 Å². The minimum absolute atomic E-state index is 0.148. The first-order valence-electron chi connectivity index (χ1n) is 5.13. The Bertz CT molecular complexity index is 477. The van der Waals surface area contributed by atoms with Crippen LogP contribution in [0.25, 0.3) is 0 Å². The third-order valence-electron chi connectivity index (χ3n) is 2.29. The monoisotopic (exact) mass is 218 g/mol. The Morgan fingerprint density at radius 2 is 2.31 bits per heavy atom. The maximum atomic E-state index is 9.31. The van der Waals surface area contributed by atoms with E-state index in [0.717, 1.165) is 5.56 Å². The quantitative estimate of drug-likeness (QED) is 0.826. The fraction of sp³-hybridized carbons (Fsp3) is 0.250. The van der Waals surface area contributed by atoms with E-state index < -0.39 is 0 Å². The zero-order valence-electron chi connectivity index (χ0n) is 9.05. The highest BCUT2D eigenvalue weighted by molar-refractivity contribution is 5.28. The molecule has 2 aromatic rings. The summed E-state index contributed by atoms with van der Waals surface area (Å²) in [6.45, 7) is 1.85. The summed E-state index contributed by atoms with van der Waals surface area (Å²) >= 11 is 0. The molecule has 1 aromatic carbocycles. The average molecular weight is 218 g/mol. The first kappa shape index (κ1) is 10.7. The predicted octanol–water partition coefficient (Wildman–Crippen LogP) is 1.99. The molecule has 0 amide bonds. The van der Waals surface area contributed by atoms with Crippen LogP contribution in [0.1, 0.15) is 30.2 Å². The van der Waals surface area contributed by atoms with Gasteiger partial charge in [-0.05, 0) is 24.6 Å². The lowest BCUT2D eigenvalue weighted by Crippen LogP contribution is -2.02. The molecular weight excluding hydrogens is 204 g/mol. The maximum Gasteiger partial charge on any atom is 0.198 e. The highest BCUT2D eigenvalue weighted by Crippen LogP contribution is 2.17. The molecule has 0 radical (unpaired) electrons. The predicted molar refractivity (Wildman–Crippen MR) is 60.0 cm³/mol. The summed E-state index contributed by atoms with van der Waals surface area (Å²) in [5.74, 6) is 1.53. The number of phenols is 1. The third kappa shape index (κ3) is 2.41. The number of phenolic OH excluding ortho intramolecular Hbond substituents is 1. The SMILES string of the molecule is CC(N)c1cnc(Cc2cccc(O)c2)o1. The van der Waals surface area contributed by atoms with Crippen LogP contribution in [-0.4, -0.2) is 10.1 Å². The lowest BCUT2D eigenvalue weighted by atomic mass is 10.1. The van der Waals surface area contributed by atoms with E-state index in [9.17, 15) is 5.11 Å². The van der Waals surface area contributed by atoms with Gasteiger partial charge in [0.05, 0.1) is 12.2 Å². The van der Waals surface area contributed by atoms with Gasteiger partial charge in [0, 0.05) is 6.42 Å². The number of hydrogen-bond donors (Lipinski definition) is 2. The van der Waals surface area contributed by atoms with Gasteiger partial charge in [0.1, 0.15) is 11.5 Å². The summed E-state index contributed by atoms with van der Waals surface area (Å²) in [5.41, 5.74) is 6.63. The van der Waals surface area contributed by atoms with Crippen molar-refractivity contribution < 1.29 is 9.52 Å². The van der Waals surface area contributed by atoms with E-state index in [0.29, 0.717) is 18.1 Å². The second-order valence-electron chi connectivity index (χ2n) is 3.79. The zero-order chi connectivity index (χ0) is 11.5. The Morgan fingerprint density at radius 3 is 2.94 bits per heavy atom. The highest BCUT2D eigenvalue weighted by Gasteiger charge is 2.08. The Balaban J connectivity index is 2.14. The Labute approximate surface area is 93.7 Å². The van der Waals surface area contributed by atoms with Gasteiger partial charge < -0.3 is 15.3 Å². The van der Waals surface area contributed by atoms with Gasteiger partial charge in [0.25, 0.3) is 0 Å². The van der Waals surface area contributed by atoms with Crippen molar-refractivity contribution in [3.63, 3.8) is 0 Å². The number of nitrogens with zero attached hydrogens (tertiary/aromatic N) is 1. The molecule has 1 aromatic heterocycles. The van der Waals surface area contributed by atoms with Crippen LogP contribution in [0, 0.1) is 0 Å². The summed E-state index contributed by atoms with van der Waals surface area (Å²) < 4.78 is 5.47. The lowest BCUT2D eigenvalue weighted by molar-refractivity contribution is 0.441. The molecule has 3 N–H and O–H groups in total. The number of aromatic hydroxyl groups is 1. The highest BCUT2D eigenvalue weighted by atomic mass is 16.4. The van der Waals surface area contributed by atoms with Crippen molar-refractivity contribution >= 4 is 0 Å². The van der Waals surface area contributed by atoms with E-state index in [1.807, 2.05) is 13.0 Å². The number of rotatable bonds is 3. The summed E-state index contributed by atoms with van der Waals surface area (Å²) in [5, 5.41) is 9.31. The van der Waals surface area contributed by atoms with Crippen LogP contribution in [0.5, 0.6) is 5.75 Å². The van der Waals surface area contributed by atoms with E-state index in [1.165, 1.54) is 0 Å². The fourth-order valence-electron chi connectivity index (χ4n) is 1.46. The molecule has 0 saturated carbocycles. The van der Waals surface area contributed by atoms with Gasteiger partial charge in [-0.1, -0.05) is 12.1 Å². The second-order valence-corrected chi connectivity index (χ2v) is 3.79. The van der Waals surface area contributed by atoms with Crippen molar-refractivity contribution in [3.8, 4) is 5.75 Å². The van der Waals surface area contributed by atoms with Crippen LogP contribution < -0.4 is 5.73 Å². The third-order valence-corrected chi connectivity index (χ3v) is 2.29. The number of oxazole rings is 1. The van der Waals surface area contributed by atoms with Crippen LogP contribution >= 0.6 is 0 Å². The number of hydrogen-bond acceptors (Lipinski definition) is 4. The molecule has 4 nitrogen and oxygen atoms in total. The van der Waals surface area contributed by atoms with Gasteiger partial charge in [-0.25, -0.2) is 4.98 Å². The van der Waals surface area contributed by atoms with E-state index in [2.05, 4.69) is 4.98 Å². The van der Waals surface area contributed by atoms with Crippen LogP contribution in [-0.2, 0) is 6.42 Å². The largest absolute Gasteiger partial charge is 0.508 e. The van der Waals surface area contributed by atoms with Crippen molar-refractivity contribution in [2.24, 2.45) is 5.73 Å². The summed E-state index contributed by atoms with van der Waals surface area (Å²) in [6.07, 6.45) is 2.20. The summed E-state index contributed by atoms with van der Waals surface area (Å²) in [7, 11) is 0. The van der Waals surface area contributed by atoms with Crippen molar-refractivity contribution in [1.29, 1.82) is 0 Å². The molecule has 1 heterocycles. The number of aromatic nitrogens is 1. The molecular formula is C12H14N2O2. The van der Waals surface area contributed by atoms with Crippen LogP contribution in [0.4, 0.5) is 0 Å². The maximum absolute atomic E-state index is 9.31.